The summed E-state index contributed by atoms with van der Waals surface area (Å²) in [5.74, 6) is -0.783. The molecule has 3 heterocycles. The van der Waals surface area contributed by atoms with Crippen LogP contribution in [-0.2, 0) is 16.1 Å². The number of nitrogens with one attached hydrogen (secondary N) is 1. The fourth-order valence-corrected chi connectivity index (χ4v) is 4.45. The number of nitrogens with zero attached hydrogens (tertiary/aromatic N) is 4. The van der Waals surface area contributed by atoms with Crippen molar-refractivity contribution in [3.63, 3.8) is 0 Å². The van der Waals surface area contributed by atoms with Gasteiger partial charge in [-0.05, 0) is 38.2 Å². The summed E-state index contributed by atoms with van der Waals surface area (Å²) in [6.45, 7) is 7.94. The Labute approximate surface area is 198 Å². The van der Waals surface area contributed by atoms with E-state index in [0.29, 0.717) is 49.1 Å². The van der Waals surface area contributed by atoms with Gasteiger partial charge < -0.3 is 20.1 Å². The van der Waals surface area contributed by atoms with Crippen LogP contribution in [0.4, 0.5) is 0 Å². The molecule has 184 valence electrons. The summed E-state index contributed by atoms with van der Waals surface area (Å²) in [7, 11) is 1.66. The number of carbonyl (C=O) groups is 2. The molecule has 10 nitrogen and oxygen atoms in total. The van der Waals surface area contributed by atoms with E-state index in [9.17, 15) is 19.5 Å². The number of aromatic hydroxyl groups is 1. The third-order valence-electron chi connectivity index (χ3n) is 6.30. The van der Waals surface area contributed by atoms with Crippen LogP contribution < -0.4 is 10.9 Å². The lowest BCUT2D eigenvalue weighted by Crippen LogP contribution is -2.36. The van der Waals surface area contributed by atoms with Gasteiger partial charge in [-0.15, -0.1) is 0 Å². The van der Waals surface area contributed by atoms with Crippen molar-refractivity contribution in [2.75, 3.05) is 26.8 Å². The minimum absolute atomic E-state index is 0.0403. The maximum absolute atomic E-state index is 13.4. The second-order valence-corrected chi connectivity index (χ2v) is 9.72. The number of aryl methyl sites for hydroxylation is 1. The number of amides is 2. The van der Waals surface area contributed by atoms with E-state index in [1.54, 1.807) is 25.0 Å². The van der Waals surface area contributed by atoms with Crippen LogP contribution in [0.15, 0.2) is 10.9 Å². The Kier molecular flexibility index (Phi) is 6.79. The zero-order valence-corrected chi connectivity index (χ0v) is 20.2. The lowest BCUT2D eigenvalue weighted by atomic mass is 10.1. The van der Waals surface area contributed by atoms with E-state index >= 15 is 0 Å². The number of hydrogen-bond donors (Lipinski definition) is 2. The molecule has 34 heavy (non-hydrogen) atoms. The summed E-state index contributed by atoms with van der Waals surface area (Å²) in [6, 6.07) is 0.0403. The quantitative estimate of drug-likeness (QED) is 0.564. The molecule has 0 radical (unpaired) electrons. The largest absolute Gasteiger partial charge is 0.492 e. The molecule has 1 aliphatic heterocycles. The van der Waals surface area contributed by atoms with Gasteiger partial charge in [0.15, 0.2) is 5.56 Å². The summed E-state index contributed by atoms with van der Waals surface area (Å²) in [5.41, 5.74) is 0.576. The van der Waals surface area contributed by atoms with Crippen LogP contribution in [0.5, 0.6) is 5.88 Å². The van der Waals surface area contributed by atoms with E-state index in [2.05, 4.69) is 10.4 Å². The highest BCUT2D eigenvalue weighted by Crippen LogP contribution is 2.25. The average molecular weight is 472 g/mol. The lowest BCUT2D eigenvalue weighted by Gasteiger charge is -2.15. The topological polar surface area (TPSA) is 118 Å². The molecule has 2 aromatic rings. The summed E-state index contributed by atoms with van der Waals surface area (Å²) in [6.07, 6.45) is 5.75. The molecule has 1 saturated heterocycles. The number of fused-ring (bicyclic) bond motifs is 1. The fraction of sp³-hybridized carbons (Fsp3) is 0.583. The monoisotopic (exact) mass is 471 g/mol. The van der Waals surface area contributed by atoms with Crippen LogP contribution >= 0.6 is 0 Å². The first-order valence-electron chi connectivity index (χ1n) is 11.8. The number of ether oxygens (including phenoxy) is 1. The van der Waals surface area contributed by atoms with Gasteiger partial charge in [-0.25, -0.2) is 0 Å². The number of aromatic nitrogens is 3. The van der Waals surface area contributed by atoms with Crippen LogP contribution in [0.3, 0.4) is 0 Å². The zero-order valence-electron chi connectivity index (χ0n) is 20.2. The van der Waals surface area contributed by atoms with Crippen LogP contribution in [-0.4, -0.2) is 68.9 Å². The number of carbonyl (C=O) groups excluding carboxylic acids is 2. The fourth-order valence-electron chi connectivity index (χ4n) is 4.45. The first kappa shape index (κ1) is 24.0. The minimum atomic E-state index is -0.593. The van der Waals surface area contributed by atoms with E-state index in [4.69, 9.17) is 4.74 Å². The van der Waals surface area contributed by atoms with Crippen molar-refractivity contribution in [3.8, 4) is 5.88 Å². The van der Waals surface area contributed by atoms with Gasteiger partial charge in [-0.2, -0.15) is 9.61 Å². The Balaban J connectivity index is 1.73. The highest BCUT2D eigenvalue weighted by Gasteiger charge is 2.30. The van der Waals surface area contributed by atoms with Crippen molar-refractivity contribution in [1.29, 1.82) is 0 Å². The first-order valence-corrected chi connectivity index (χ1v) is 11.8. The molecular formula is C24H33N5O5. The summed E-state index contributed by atoms with van der Waals surface area (Å²) in [4.78, 5) is 40.7. The number of rotatable bonds is 8. The smallest absolute Gasteiger partial charge is 0.270 e. The maximum atomic E-state index is 13.4. The highest BCUT2D eigenvalue weighted by molar-refractivity contribution is 5.97. The first-order chi connectivity index (χ1) is 16.2. The van der Waals surface area contributed by atoms with E-state index in [0.717, 1.165) is 19.3 Å². The van der Waals surface area contributed by atoms with E-state index in [-0.39, 0.29) is 23.4 Å². The maximum Gasteiger partial charge on any atom is 0.270 e. The van der Waals surface area contributed by atoms with Crippen LogP contribution in [0.1, 0.15) is 54.7 Å². The molecular weight excluding hydrogens is 438 g/mol. The van der Waals surface area contributed by atoms with Gasteiger partial charge in [0, 0.05) is 50.3 Å². The predicted molar refractivity (Wildman–Crippen MR) is 127 cm³/mol. The highest BCUT2D eigenvalue weighted by atomic mass is 16.5. The van der Waals surface area contributed by atoms with Gasteiger partial charge in [-0.3, -0.25) is 19.0 Å². The molecule has 1 saturated carbocycles. The van der Waals surface area contributed by atoms with Crippen LogP contribution in [0.25, 0.3) is 11.7 Å². The minimum Gasteiger partial charge on any atom is -0.492 e. The van der Waals surface area contributed by atoms with Crippen molar-refractivity contribution < 1.29 is 19.4 Å². The molecule has 0 bridgehead atoms. The molecule has 2 aliphatic rings. The molecule has 2 fully saturated rings. The molecule has 10 heteroatoms. The van der Waals surface area contributed by atoms with Crippen molar-refractivity contribution >= 4 is 23.5 Å². The van der Waals surface area contributed by atoms with Gasteiger partial charge in [0.1, 0.15) is 5.65 Å². The van der Waals surface area contributed by atoms with Crippen molar-refractivity contribution in [2.24, 2.45) is 11.8 Å². The summed E-state index contributed by atoms with van der Waals surface area (Å²) >= 11 is 0. The lowest BCUT2D eigenvalue weighted by molar-refractivity contribution is -0.125. The van der Waals surface area contributed by atoms with Gasteiger partial charge in [0.25, 0.3) is 11.5 Å². The molecule has 2 amide bonds. The summed E-state index contributed by atoms with van der Waals surface area (Å²) in [5, 5.41) is 18.1. The van der Waals surface area contributed by atoms with Gasteiger partial charge >= 0.3 is 0 Å². The zero-order chi connectivity index (χ0) is 24.6. The molecule has 0 spiro atoms. The third kappa shape index (κ3) is 4.72. The Morgan fingerprint density at radius 3 is 2.68 bits per heavy atom. The molecule has 2 N–H and O–H groups in total. The van der Waals surface area contributed by atoms with Gasteiger partial charge in [0.2, 0.25) is 11.8 Å². The second kappa shape index (κ2) is 9.61. The molecule has 0 aromatic carbocycles. The van der Waals surface area contributed by atoms with Gasteiger partial charge in [-0.1, -0.05) is 13.8 Å². The van der Waals surface area contributed by atoms with Gasteiger partial charge in [0.05, 0.1) is 12.3 Å². The Hall–Kier alpha value is -3.14. The summed E-state index contributed by atoms with van der Waals surface area (Å²) < 4.78 is 7.91. The number of hydrogen-bond acceptors (Lipinski definition) is 6. The molecule has 1 atom stereocenters. The van der Waals surface area contributed by atoms with E-state index in [1.807, 2.05) is 13.8 Å². The molecule has 1 unspecified atom stereocenters. The molecule has 2 aromatic heterocycles. The van der Waals surface area contributed by atoms with Crippen molar-refractivity contribution in [2.45, 2.75) is 52.6 Å². The second-order valence-electron chi connectivity index (χ2n) is 9.72. The molecule has 1 aliphatic carbocycles. The number of likely N-dealkylation sites (tertiary alicyclic amines) is 1. The molecule has 4 rings (SSSR count). The number of methoxy groups -OCH3 is 1. The van der Waals surface area contributed by atoms with E-state index < -0.39 is 17.3 Å². The third-order valence-corrected chi connectivity index (χ3v) is 6.30. The average Bonchev–Trinajstić information content (AvgIpc) is 3.34. The predicted octanol–water partition coefficient (Wildman–Crippen LogP) is 1.57. The van der Waals surface area contributed by atoms with Crippen molar-refractivity contribution in [3.05, 3.63) is 33.3 Å². The Morgan fingerprint density at radius 1 is 1.29 bits per heavy atom. The Morgan fingerprint density at radius 2 is 2.03 bits per heavy atom. The van der Waals surface area contributed by atoms with Crippen molar-refractivity contribution in [1.82, 2.24) is 24.4 Å². The van der Waals surface area contributed by atoms with E-state index in [1.165, 1.54) is 15.2 Å². The Bertz CT molecular complexity index is 1190. The van der Waals surface area contributed by atoms with Crippen LogP contribution in [0.2, 0.25) is 0 Å². The van der Waals surface area contributed by atoms with Crippen LogP contribution in [0, 0.1) is 18.8 Å². The standard InChI is InChI=1S/C24H33N5O5/c1-14(2)11-28-22-18(7-8-19(30)27-10-9-16(12-27)13-34-4)15(3)26-29(22)24(33)20(23(28)32)21(31)25-17-5-6-17/h7-8,14,16-17,33H,5-6,9-13H2,1-4H3,(H,25,31). The normalized spacial score (nSPS) is 18.5. The SMILES string of the molecule is COCC1CCN(C(=O)C=Cc2c(C)nn3c(O)c(C(=O)NC4CC4)c(=O)n(CC(C)C)c23)C1.